The van der Waals surface area contributed by atoms with Gasteiger partial charge < -0.3 is 9.73 Å². The molecule has 136 valence electrons. The predicted molar refractivity (Wildman–Crippen MR) is 111 cm³/mol. The van der Waals surface area contributed by atoms with Gasteiger partial charge in [0.2, 0.25) is 5.13 Å². The van der Waals surface area contributed by atoms with Crippen LogP contribution in [0.3, 0.4) is 0 Å². The van der Waals surface area contributed by atoms with Gasteiger partial charge in [0.25, 0.3) is 0 Å². The van der Waals surface area contributed by atoms with Crippen LogP contribution in [0, 0.1) is 13.8 Å². The largest absolute Gasteiger partial charge is 0.423 e. The Kier molecular flexibility index (Phi) is 4.96. The van der Waals surface area contributed by atoms with Crippen LogP contribution >= 0.6 is 23.1 Å². The van der Waals surface area contributed by atoms with Gasteiger partial charge >= 0.3 is 5.63 Å². The van der Waals surface area contributed by atoms with E-state index < -0.39 is 0 Å². The van der Waals surface area contributed by atoms with Crippen LogP contribution in [-0.4, -0.2) is 10.2 Å². The maximum atomic E-state index is 11.8. The first-order valence-electron chi connectivity index (χ1n) is 8.40. The fraction of sp³-hybridized carbons (Fsp3) is 0.150. The van der Waals surface area contributed by atoms with Crippen LogP contribution < -0.4 is 10.9 Å². The standard InChI is InChI=1S/C20H17N3O2S2/c1-12-3-6-15(7-4-12)21-19-22-23-20(27-19)26-11-14-10-18(24)25-17-9-13(2)5-8-16(14)17/h3-10H,11H2,1-2H3,(H,21,22). The summed E-state index contributed by atoms with van der Waals surface area (Å²) in [5.41, 5.74) is 4.49. The highest BCUT2D eigenvalue weighted by atomic mass is 32.2. The summed E-state index contributed by atoms with van der Waals surface area (Å²) in [6.45, 7) is 4.03. The van der Waals surface area contributed by atoms with Crippen molar-refractivity contribution in [2.45, 2.75) is 23.9 Å². The molecule has 4 rings (SSSR count). The summed E-state index contributed by atoms with van der Waals surface area (Å²) in [5, 5.41) is 13.4. The zero-order valence-electron chi connectivity index (χ0n) is 14.9. The molecular weight excluding hydrogens is 378 g/mol. The van der Waals surface area contributed by atoms with Crippen LogP contribution in [0.4, 0.5) is 10.8 Å². The molecule has 1 N–H and O–H groups in total. The zero-order chi connectivity index (χ0) is 18.8. The maximum Gasteiger partial charge on any atom is 0.336 e. The molecule has 7 heteroatoms. The highest BCUT2D eigenvalue weighted by molar-refractivity contribution is 8.00. The molecule has 0 amide bonds. The van der Waals surface area contributed by atoms with Crippen molar-refractivity contribution in [3.05, 3.63) is 75.6 Å². The SMILES string of the molecule is Cc1ccc(Nc2nnc(SCc3cc(=O)oc4cc(C)ccc34)s2)cc1. The zero-order valence-corrected chi connectivity index (χ0v) is 16.5. The molecule has 5 nitrogen and oxygen atoms in total. The lowest BCUT2D eigenvalue weighted by Gasteiger charge is -2.04. The molecule has 0 bridgehead atoms. The van der Waals surface area contributed by atoms with Gasteiger partial charge in [-0.1, -0.05) is 52.9 Å². The minimum atomic E-state index is -0.331. The lowest BCUT2D eigenvalue weighted by Crippen LogP contribution is -2.00. The Labute approximate surface area is 164 Å². The maximum absolute atomic E-state index is 11.8. The summed E-state index contributed by atoms with van der Waals surface area (Å²) in [5.74, 6) is 0.629. The van der Waals surface area contributed by atoms with Gasteiger partial charge in [0.1, 0.15) is 5.58 Å². The first kappa shape index (κ1) is 17.8. The van der Waals surface area contributed by atoms with E-state index in [1.807, 2.05) is 49.4 Å². The Hall–Kier alpha value is -2.64. The Morgan fingerprint density at radius 1 is 1.04 bits per heavy atom. The van der Waals surface area contributed by atoms with Gasteiger partial charge in [-0.25, -0.2) is 4.79 Å². The topological polar surface area (TPSA) is 68.0 Å². The monoisotopic (exact) mass is 395 g/mol. The van der Waals surface area contributed by atoms with Gasteiger partial charge in [-0.2, -0.15) is 0 Å². The van der Waals surface area contributed by atoms with Gasteiger partial charge in [-0.3, -0.25) is 0 Å². The first-order valence-corrected chi connectivity index (χ1v) is 10.2. The minimum Gasteiger partial charge on any atom is -0.423 e. The minimum absolute atomic E-state index is 0.331. The molecule has 2 aromatic carbocycles. The van der Waals surface area contributed by atoms with Crippen molar-refractivity contribution in [1.29, 1.82) is 0 Å². The number of benzene rings is 2. The number of rotatable bonds is 5. The number of nitrogens with zero attached hydrogens (tertiary/aromatic N) is 2. The molecular formula is C20H17N3O2S2. The second-order valence-corrected chi connectivity index (χ2v) is 8.44. The van der Waals surface area contributed by atoms with Crippen LogP contribution in [0.2, 0.25) is 0 Å². The molecule has 0 aliphatic rings. The molecule has 0 saturated heterocycles. The molecule has 0 atom stereocenters. The fourth-order valence-electron chi connectivity index (χ4n) is 2.68. The normalized spacial score (nSPS) is 11.0. The van der Waals surface area contributed by atoms with Gasteiger partial charge in [0, 0.05) is 22.9 Å². The number of aromatic nitrogens is 2. The summed E-state index contributed by atoms with van der Waals surface area (Å²) >= 11 is 3.05. The molecule has 0 unspecified atom stereocenters. The average Bonchev–Trinajstić information content (AvgIpc) is 3.08. The molecule has 2 aromatic heterocycles. The van der Waals surface area contributed by atoms with E-state index in [2.05, 4.69) is 22.4 Å². The fourth-order valence-corrected chi connectivity index (χ4v) is 4.44. The van der Waals surface area contributed by atoms with Gasteiger partial charge in [0.05, 0.1) is 0 Å². The van der Waals surface area contributed by atoms with Crippen molar-refractivity contribution < 1.29 is 4.42 Å². The highest BCUT2D eigenvalue weighted by Crippen LogP contribution is 2.31. The lowest BCUT2D eigenvalue weighted by atomic mass is 10.1. The molecule has 0 aliphatic heterocycles. The van der Waals surface area contributed by atoms with E-state index in [-0.39, 0.29) is 5.63 Å². The van der Waals surface area contributed by atoms with Gasteiger partial charge in [0.15, 0.2) is 4.34 Å². The van der Waals surface area contributed by atoms with E-state index in [9.17, 15) is 4.79 Å². The van der Waals surface area contributed by atoms with Crippen LogP contribution in [0.15, 0.2) is 62.1 Å². The summed E-state index contributed by atoms with van der Waals surface area (Å²) < 4.78 is 6.16. The number of aryl methyl sites for hydroxylation is 2. The first-order chi connectivity index (χ1) is 13.1. The summed E-state index contributed by atoms with van der Waals surface area (Å²) in [4.78, 5) is 11.8. The van der Waals surface area contributed by atoms with Gasteiger partial charge in [-0.05, 0) is 43.2 Å². The third-order valence-electron chi connectivity index (χ3n) is 4.05. The molecule has 2 heterocycles. The Morgan fingerprint density at radius 2 is 1.81 bits per heavy atom. The molecule has 0 spiro atoms. The van der Waals surface area contributed by atoms with Gasteiger partial charge in [-0.15, -0.1) is 10.2 Å². The molecule has 0 fully saturated rings. The molecule has 0 radical (unpaired) electrons. The van der Waals surface area contributed by atoms with Crippen LogP contribution in [-0.2, 0) is 5.75 Å². The highest BCUT2D eigenvalue weighted by Gasteiger charge is 2.10. The third-order valence-corrected chi connectivity index (χ3v) is 6.07. The smallest absolute Gasteiger partial charge is 0.336 e. The predicted octanol–water partition coefficient (Wildman–Crippen LogP) is 5.30. The van der Waals surface area contributed by atoms with Crippen molar-refractivity contribution >= 4 is 44.9 Å². The molecule has 4 aromatic rings. The van der Waals surface area contributed by atoms with Crippen molar-refractivity contribution in [3.8, 4) is 0 Å². The lowest BCUT2D eigenvalue weighted by molar-refractivity contribution is 0.559. The third kappa shape index (κ3) is 4.20. The second-order valence-electron chi connectivity index (χ2n) is 6.24. The van der Waals surface area contributed by atoms with Crippen LogP contribution in [0.25, 0.3) is 11.0 Å². The van der Waals surface area contributed by atoms with Crippen LogP contribution in [0.1, 0.15) is 16.7 Å². The number of hydrogen-bond donors (Lipinski definition) is 1. The van der Waals surface area contributed by atoms with E-state index in [1.165, 1.54) is 16.9 Å². The molecule has 27 heavy (non-hydrogen) atoms. The summed E-state index contributed by atoms with van der Waals surface area (Å²) in [7, 11) is 0. The number of fused-ring (bicyclic) bond motifs is 1. The Balaban J connectivity index is 1.49. The summed E-state index contributed by atoms with van der Waals surface area (Å²) in [6, 6.07) is 15.6. The quantitative estimate of drug-likeness (QED) is 0.365. The average molecular weight is 396 g/mol. The van der Waals surface area contributed by atoms with E-state index in [4.69, 9.17) is 4.42 Å². The number of nitrogens with one attached hydrogen (secondary N) is 1. The molecule has 0 saturated carbocycles. The van der Waals surface area contributed by atoms with Crippen molar-refractivity contribution in [1.82, 2.24) is 10.2 Å². The van der Waals surface area contributed by atoms with E-state index >= 15 is 0 Å². The van der Waals surface area contributed by atoms with Crippen LogP contribution in [0.5, 0.6) is 0 Å². The van der Waals surface area contributed by atoms with E-state index in [0.717, 1.165) is 31.7 Å². The number of hydrogen-bond acceptors (Lipinski definition) is 7. The molecule has 0 aliphatic carbocycles. The van der Waals surface area contributed by atoms with E-state index in [0.29, 0.717) is 11.3 Å². The van der Waals surface area contributed by atoms with Crippen molar-refractivity contribution in [2.24, 2.45) is 0 Å². The van der Waals surface area contributed by atoms with Crippen molar-refractivity contribution in [2.75, 3.05) is 5.32 Å². The number of thioether (sulfide) groups is 1. The van der Waals surface area contributed by atoms with Crippen molar-refractivity contribution in [3.63, 3.8) is 0 Å². The second kappa shape index (κ2) is 7.54. The Morgan fingerprint density at radius 3 is 2.63 bits per heavy atom. The number of anilines is 2. The van der Waals surface area contributed by atoms with E-state index in [1.54, 1.807) is 17.8 Å². The summed E-state index contributed by atoms with van der Waals surface area (Å²) in [6.07, 6.45) is 0. The Bertz CT molecular complexity index is 1150.